The van der Waals surface area contributed by atoms with E-state index in [2.05, 4.69) is 5.32 Å². The monoisotopic (exact) mass is 216 g/mol. The van der Waals surface area contributed by atoms with Crippen molar-refractivity contribution in [1.29, 1.82) is 0 Å². The van der Waals surface area contributed by atoms with E-state index in [1.807, 2.05) is 20.8 Å². The van der Waals surface area contributed by atoms with Gasteiger partial charge in [0.15, 0.2) is 0 Å². The van der Waals surface area contributed by atoms with E-state index in [0.29, 0.717) is 19.7 Å². The average Bonchev–Trinajstić information content (AvgIpc) is 2.22. The van der Waals surface area contributed by atoms with Crippen LogP contribution in [0, 0.1) is 5.92 Å². The van der Waals surface area contributed by atoms with Crippen molar-refractivity contribution in [3.63, 3.8) is 0 Å². The number of hydrogen-bond acceptors (Lipinski definition) is 3. The molecule has 0 aromatic heterocycles. The Morgan fingerprint density at radius 3 is 2.67 bits per heavy atom. The molecule has 0 aromatic carbocycles. The smallest absolute Gasteiger partial charge is 0.222 e. The van der Waals surface area contributed by atoms with Crippen molar-refractivity contribution in [2.45, 2.75) is 39.7 Å². The predicted molar refractivity (Wildman–Crippen MR) is 61.6 cm³/mol. The lowest BCUT2D eigenvalue weighted by Crippen LogP contribution is -2.35. The van der Waals surface area contributed by atoms with Gasteiger partial charge in [-0.3, -0.25) is 4.79 Å². The Hall–Kier alpha value is -0.610. The van der Waals surface area contributed by atoms with E-state index < -0.39 is 0 Å². The summed E-state index contributed by atoms with van der Waals surface area (Å²) in [5.74, 6) is 0.136. The van der Waals surface area contributed by atoms with Gasteiger partial charge >= 0.3 is 0 Å². The van der Waals surface area contributed by atoms with Crippen molar-refractivity contribution in [3.05, 3.63) is 0 Å². The Bertz CT molecular complexity index is 174. The van der Waals surface area contributed by atoms with Crippen molar-refractivity contribution in [3.8, 4) is 0 Å². The third kappa shape index (κ3) is 7.33. The molecule has 0 fully saturated rings. The summed E-state index contributed by atoms with van der Waals surface area (Å²) < 4.78 is 5.32. The summed E-state index contributed by atoms with van der Waals surface area (Å²) in [5.41, 5.74) is 5.39. The van der Waals surface area contributed by atoms with E-state index >= 15 is 0 Å². The number of carbonyl (C=O) groups is 1. The number of carbonyl (C=O) groups excluding carboxylic acids is 1. The first kappa shape index (κ1) is 14.4. The molecule has 2 atom stereocenters. The molecular formula is C11H24N2O2. The normalized spacial score (nSPS) is 14.7. The highest BCUT2D eigenvalue weighted by molar-refractivity contribution is 5.78. The lowest BCUT2D eigenvalue weighted by atomic mass is 10.1. The average molecular weight is 216 g/mol. The second-order valence-electron chi connectivity index (χ2n) is 3.84. The summed E-state index contributed by atoms with van der Waals surface area (Å²) in [6, 6.07) is 0. The maximum Gasteiger partial charge on any atom is 0.222 e. The molecule has 0 rings (SSSR count). The topological polar surface area (TPSA) is 64.3 Å². The number of amides is 1. The summed E-state index contributed by atoms with van der Waals surface area (Å²) in [6.07, 6.45) is 1.83. The first-order chi connectivity index (χ1) is 7.11. The number of hydrogen-bond donors (Lipinski definition) is 2. The molecule has 90 valence electrons. The summed E-state index contributed by atoms with van der Waals surface area (Å²) in [4.78, 5) is 11.6. The molecule has 15 heavy (non-hydrogen) atoms. The third-order valence-electron chi connectivity index (χ3n) is 2.30. The zero-order valence-electron chi connectivity index (χ0n) is 10.1. The first-order valence-corrected chi connectivity index (χ1v) is 5.71. The minimum absolute atomic E-state index is 0.0439. The van der Waals surface area contributed by atoms with Crippen molar-refractivity contribution >= 4 is 5.91 Å². The van der Waals surface area contributed by atoms with Gasteiger partial charge in [0.05, 0.1) is 6.10 Å². The predicted octanol–water partition coefficient (Wildman–Crippen LogP) is 0.903. The fraction of sp³-hybridized carbons (Fsp3) is 0.909. The first-order valence-electron chi connectivity index (χ1n) is 5.71. The minimum Gasteiger partial charge on any atom is -0.377 e. The quantitative estimate of drug-likeness (QED) is 0.633. The molecule has 1 amide bonds. The van der Waals surface area contributed by atoms with E-state index in [-0.39, 0.29) is 17.9 Å². The van der Waals surface area contributed by atoms with Crippen molar-refractivity contribution in [2.24, 2.45) is 11.7 Å². The number of ether oxygens (including phenoxy) is 1. The van der Waals surface area contributed by atoms with Gasteiger partial charge in [-0.25, -0.2) is 0 Å². The molecule has 0 aliphatic heterocycles. The Kier molecular flexibility index (Phi) is 8.33. The fourth-order valence-electron chi connectivity index (χ4n) is 1.32. The molecule has 0 radical (unpaired) electrons. The van der Waals surface area contributed by atoms with E-state index in [4.69, 9.17) is 10.5 Å². The van der Waals surface area contributed by atoms with Crippen LogP contribution in [0.3, 0.4) is 0 Å². The molecule has 4 heteroatoms. The van der Waals surface area contributed by atoms with Crippen LogP contribution in [0.15, 0.2) is 0 Å². The SMILES string of the molecule is CCOC(C)CNC(=O)C(C)CCCN. The minimum atomic E-state index is 0.0439. The van der Waals surface area contributed by atoms with Gasteiger partial charge in [-0.05, 0) is 33.2 Å². The van der Waals surface area contributed by atoms with Gasteiger partial charge in [0, 0.05) is 19.1 Å². The Morgan fingerprint density at radius 2 is 2.13 bits per heavy atom. The number of nitrogens with one attached hydrogen (secondary N) is 1. The molecule has 0 aromatic rings. The van der Waals surface area contributed by atoms with Crippen LogP contribution in [0.4, 0.5) is 0 Å². The Morgan fingerprint density at radius 1 is 1.47 bits per heavy atom. The lowest BCUT2D eigenvalue weighted by molar-refractivity contribution is -0.125. The Balaban J connectivity index is 3.63. The van der Waals surface area contributed by atoms with Crippen LogP contribution < -0.4 is 11.1 Å². The van der Waals surface area contributed by atoms with Gasteiger partial charge in [-0.1, -0.05) is 6.92 Å². The van der Waals surface area contributed by atoms with Crippen LogP contribution in [0.2, 0.25) is 0 Å². The molecule has 0 spiro atoms. The maximum atomic E-state index is 11.6. The summed E-state index contributed by atoms with van der Waals surface area (Å²) in [5, 5.41) is 2.87. The van der Waals surface area contributed by atoms with Gasteiger partial charge in [0.1, 0.15) is 0 Å². The Labute approximate surface area is 92.6 Å². The zero-order chi connectivity index (χ0) is 11.7. The van der Waals surface area contributed by atoms with Gasteiger partial charge in [-0.2, -0.15) is 0 Å². The second-order valence-corrected chi connectivity index (χ2v) is 3.84. The van der Waals surface area contributed by atoms with E-state index in [1.165, 1.54) is 0 Å². The highest BCUT2D eigenvalue weighted by Crippen LogP contribution is 2.04. The highest BCUT2D eigenvalue weighted by Gasteiger charge is 2.12. The summed E-state index contributed by atoms with van der Waals surface area (Å²) >= 11 is 0. The molecular weight excluding hydrogens is 192 g/mol. The zero-order valence-corrected chi connectivity index (χ0v) is 10.1. The van der Waals surface area contributed by atoms with E-state index in [0.717, 1.165) is 12.8 Å². The van der Waals surface area contributed by atoms with E-state index in [1.54, 1.807) is 0 Å². The van der Waals surface area contributed by atoms with Crippen LogP contribution in [0.1, 0.15) is 33.6 Å². The largest absolute Gasteiger partial charge is 0.377 e. The third-order valence-corrected chi connectivity index (χ3v) is 2.30. The fourth-order valence-corrected chi connectivity index (χ4v) is 1.32. The summed E-state index contributed by atoms with van der Waals surface area (Å²) in [6.45, 7) is 7.74. The number of rotatable bonds is 8. The second kappa shape index (κ2) is 8.68. The van der Waals surface area contributed by atoms with Gasteiger partial charge in [-0.15, -0.1) is 0 Å². The molecule has 0 aliphatic carbocycles. The standard InChI is InChI=1S/C11H24N2O2/c1-4-15-10(3)8-13-11(14)9(2)6-5-7-12/h9-10H,4-8,12H2,1-3H3,(H,13,14). The summed E-state index contributed by atoms with van der Waals surface area (Å²) in [7, 11) is 0. The maximum absolute atomic E-state index is 11.6. The van der Waals surface area contributed by atoms with Crippen molar-refractivity contribution in [1.82, 2.24) is 5.32 Å². The van der Waals surface area contributed by atoms with Crippen LogP contribution in [-0.2, 0) is 9.53 Å². The van der Waals surface area contributed by atoms with Gasteiger partial charge < -0.3 is 15.8 Å². The van der Waals surface area contributed by atoms with Crippen LogP contribution in [0.5, 0.6) is 0 Å². The van der Waals surface area contributed by atoms with E-state index in [9.17, 15) is 4.79 Å². The lowest BCUT2D eigenvalue weighted by Gasteiger charge is -2.15. The molecule has 0 bridgehead atoms. The van der Waals surface area contributed by atoms with Crippen LogP contribution in [-0.4, -0.2) is 31.7 Å². The van der Waals surface area contributed by atoms with Crippen molar-refractivity contribution < 1.29 is 9.53 Å². The van der Waals surface area contributed by atoms with Crippen molar-refractivity contribution in [2.75, 3.05) is 19.7 Å². The van der Waals surface area contributed by atoms with Gasteiger partial charge in [0.2, 0.25) is 5.91 Å². The van der Waals surface area contributed by atoms with Crippen LogP contribution in [0.25, 0.3) is 0 Å². The van der Waals surface area contributed by atoms with Crippen LogP contribution >= 0.6 is 0 Å². The molecule has 2 unspecified atom stereocenters. The molecule has 0 saturated heterocycles. The van der Waals surface area contributed by atoms with Gasteiger partial charge in [0.25, 0.3) is 0 Å². The molecule has 0 heterocycles. The molecule has 0 saturated carbocycles. The molecule has 3 N–H and O–H groups in total. The highest BCUT2D eigenvalue weighted by atomic mass is 16.5. The number of nitrogens with two attached hydrogens (primary N) is 1. The molecule has 0 aliphatic rings. The molecule has 4 nitrogen and oxygen atoms in total.